The van der Waals surface area contributed by atoms with E-state index in [2.05, 4.69) is 21.3 Å². The molecule has 4 rings (SSSR count). The Balaban J connectivity index is 1.65. The van der Waals surface area contributed by atoms with Crippen LogP contribution in [-0.4, -0.2) is 29.5 Å². The van der Waals surface area contributed by atoms with Crippen molar-refractivity contribution in [2.45, 2.75) is 32.6 Å². The number of aryl methyl sites for hydroxylation is 1. The number of pyridine rings is 1. The SMILES string of the molecule is CC1=C(c2ccc(Oc3ncccc3C3CC3)cc2C)N(C)CNC1=O. The largest absolute Gasteiger partial charge is 0.439 e. The van der Waals surface area contributed by atoms with Gasteiger partial charge in [0.25, 0.3) is 0 Å². The molecule has 5 heteroatoms. The maximum absolute atomic E-state index is 12.0. The van der Waals surface area contributed by atoms with Crippen molar-refractivity contribution in [2.75, 3.05) is 13.7 Å². The van der Waals surface area contributed by atoms with Crippen LogP contribution in [0.5, 0.6) is 11.6 Å². The number of rotatable bonds is 4. The minimum atomic E-state index is -0.0135. The highest BCUT2D eigenvalue weighted by Crippen LogP contribution is 2.44. The Kier molecular flexibility index (Phi) is 4.15. The molecule has 0 unspecified atom stereocenters. The molecule has 26 heavy (non-hydrogen) atoms. The van der Waals surface area contributed by atoms with Crippen LogP contribution in [0.4, 0.5) is 0 Å². The average molecular weight is 349 g/mol. The summed E-state index contributed by atoms with van der Waals surface area (Å²) in [4.78, 5) is 18.5. The second kappa shape index (κ2) is 6.48. The quantitative estimate of drug-likeness (QED) is 0.912. The van der Waals surface area contributed by atoms with Gasteiger partial charge in [0.05, 0.1) is 12.4 Å². The molecule has 0 saturated heterocycles. The number of hydrogen-bond donors (Lipinski definition) is 1. The number of hydrogen-bond acceptors (Lipinski definition) is 4. The van der Waals surface area contributed by atoms with Crippen molar-refractivity contribution in [1.82, 2.24) is 15.2 Å². The van der Waals surface area contributed by atoms with Crippen molar-refractivity contribution in [2.24, 2.45) is 0 Å². The Hall–Kier alpha value is -2.82. The van der Waals surface area contributed by atoms with Crippen molar-refractivity contribution in [3.8, 4) is 11.6 Å². The summed E-state index contributed by atoms with van der Waals surface area (Å²) in [5, 5.41) is 2.86. The third-order valence-corrected chi connectivity index (χ3v) is 5.04. The van der Waals surface area contributed by atoms with E-state index in [9.17, 15) is 4.79 Å². The van der Waals surface area contributed by atoms with Gasteiger partial charge in [0.1, 0.15) is 5.75 Å². The maximum atomic E-state index is 12.0. The first-order chi connectivity index (χ1) is 12.5. The maximum Gasteiger partial charge on any atom is 0.250 e. The van der Waals surface area contributed by atoms with Gasteiger partial charge in [0.2, 0.25) is 11.8 Å². The highest BCUT2D eigenvalue weighted by Gasteiger charge is 2.27. The minimum absolute atomic E-state index is 0.0135. The zero-order chi connectivity index (χ0) is 18.3. The van der Waals surface area contributed by atoms with Gasteiger partial charge in [0.15, 0.2) is 0 Å². The molecule has 134 valence electrons. The Labute approximate surface area is 153 Å². The number of nitrogens with one attached hydrogen (secondary N) is 1. The number of amides is 1. The lowest BCUT2D eigenvalue weighted by Crippen LogP contribution is -2.41. The molecule has 2 aliphatic rings. The molecule has 1 fully saturated rings. The number of nitrogens with zero attached hydrogens (tertiary/aromatic N) is 2. The van der Waals surface area contributed by atoms with Crippen molar-refractivity contribution in [1.29, 1.82) is 0 Å². The second-order valence-electron chi connectivity index (χ2n) is 7.09. The summed E-state index contributed by atoms with van der Waals surface area (Å²) in [6, 6.07) is 10.1. The predicted octanol–water partition coefficient (Wildman–Crippen LogP) is 3.81. The van der Waals surface area contributed by atoms with E-state index in [4.69, 9.17) is 4.74 Å². The molecule has 1 saturated carbocycles. The van der Waals surface area contributed by atoms with Gasteiger partial charge in [-0.3, -0.25) is 4.79 Å². The van der Waals surface area contributed by atoms with Crippen molar-refractivity contribution >= 4 is 11.6 Å². The van der Waals surface area contributed by atoms with E-state index in [-0.39, 0.29) is 5.91 Å². The van der Waals surface area contributed by atoms with Crippen LogP contribution in [0, 0.1) is 6.92 Å². The molecule has 0 atom stereocenters. The van der Waals surface area contributed by atoms with E-state index in [1.165, 1.54) is 18.4 Å². The van der Waals surface area contributed by atoms with Crippen molar-refractivity contribution in [3.63, 3.8) is 0 Å². The van der Waals surface area contributed by atoms with Gasteiger partial charge in [-0.25, -0.2) is 4.98 Å². The first kappa shape index (κ1) is 16.6. The molecule has 2 aromatic rings. The monoisotopic (exact) mass is 349 g/mol. The topological polar surface area (TPSA) is 54.5 Å². The lowest BCUT2D eigenvalue weighted by Gasteiger charge is -2.30. The molecular formula is C21H23N3O2. The smallest absolute Gasteiger partial charge is 0.250 e. The standard InChI is InChI=1S/C21H23N3O2/c1-13-11-16(26-21-18(15-6-7-15)5-4-10-22-21)8-9-17(13)19-14(2)20(25)23-12-24(19)3/h4-5,8-11,15H,6-7,12H2,1-3H3,(H,23,25). The molecule has 5 nitrogen and oxygen atoms in total. The van der Waals surface area contributed by atoms with Crippen LogP contribution in [0.3, 0.4) is 0 Å². The molecule has 1 aromatic heterocycles. The first-order valence-corrected chi connectivity index (χ1v) is 8.98. The molecule has 0 bridgehead atoms. The summed E-state index contributed by atoms with van der Waals surface area (Å²) in [5.74, 6) is 2.04. The summed E-state index contributed by atoms with van der Waals surface area (Å²) < 4.78 is 6.09. The van der Waals surface area contributed by atoms with Crippen LogP contribution in [0.1, 0.15) is 42.4 Å². The van der Waals surface area contributed by atoms with E-state index < -0.39 is 0 Å². The Morgan fingerprint density at radius 3 is 2.77 bits per heavy atom. The zero-order valence-electron chi connectivity index (χ0n) is 15.4. The van der Waals surface area contributed by atoms with E-state index in [0.717, 1.165) is 28.1 Å². The van der Waals surface area contributed by atoms with Gasteiger partial charge in [-0.15, -0.1) is 0 Å². The predicted molar refractivity (Wildman–Crippen MR) is 101 cm³/mol. The van der Waals surface area contributed by atoms with E-state index in [1.54, 1.807) is 6.20 Å². The van der Waals surface area contributed by atoms with Crippen LogP contribution >= 0.6 is 0 Å². The Morgan fingerprint density at radius 2 is 2.04 bits per heavy atom. The molecule has 1 N–H and O–H groups in total. The highest BCUT2D eigenvalue weighted by molar-refractivity contribution is 6.01. The van der Waals surface area contributed by atoms with Gasteiger partial charge in [-0.2, -0.15) is 0 Å². The van der Waals surface area contributed by atoms with Crippen LogP contribution in [0.25, 0.3) is 5.70 Å². The summed E-state index contributed by atoms with van der Waals surface area (Å²) >= 11 is 0. The van der Waals surface area contributed by atoms with E-state index >= 15 is 0 Å². The lowest BCUT2D eigenvalue weighted by atomic mass is 9.99. The fourth-order valence-corrected chi connectivity index (χ4v) is 3.47. The number of carbonyl (C=O) groups is 1. The lowest BCUT2D eigenvalue weighted by molar-refractivity contribution is -0.118. The summed E-state index contributed by atoms with van der Waals surface area (Å²) in [5.41, 5.74) is 5.01. The number of aromatic nitrogens is 1. The molecule has 2 heterocycles. The fourth-order valence-electron chi connectivity index (χ4n) is 3.47. The third kappa shape index (κ3) is 3.05. The van der Waals surface area contributed by atoms with Gasteiger partial charge >= 0.3 is 0 Å². The number of carbonyl (C=O) groups excluding carboxylic acids is 1. The van der Waals surface area contributed by atoms with Crippen LogP contribution in [-0.2, 0) is 4.79 Å². The van der Waals surface area contributed by atoms with Gasteiger partial charge in [-0.1, -0.05) is 6.07 Å². The molecule has 0 radical (unpaired) electrons. The normalized spacial score (nSPS) is 17.3. The Bertz CT molecular complexity index is 900. The highest BCUT2D eigenvalue weighted by atomic mass is 16.5. The second-order valence-corrected chi connectivity index (χ2v) is 7.09. The van der Waals surface area contributed by atoms with E-state index in [0.29, 0.717) is 18.5 Å². The minimum Gasteiger partial charge on any atom is -0.439 e. The third-order valence-electron chi connectivity index (χ3n) is 5.04. The fraction of sp³-hybridized carbons (Fsp3) is 0.333. The molecule has 0 spiro atoms. The van der Waals surface area contributed by atoms with E-state index in [1.807, 2.05) is 45.2 Å². The number of ether oxygens (including phenoxy) is 1. The summed E-state index contributed by atoms with van der Waals surface area (Å²) in [7, 11) is 1.98. The molecule has 1 aromatic carbocycles. The van der Waals surface area contributed by atoms with Crippen LogP contribution in [0.15, 0.2) is 42.1 Å². The number of benzene rings is 1. The van der Waals surface area contributed by atoms with Crippen molar-refractivity contribution in [3.05, 3.63) is 58.8 Å². The average Bonchev–Trinajstić information content (AvgIpc) is 3.46. The summed E-state index contributed by atoms with van der Waals surface area (Å²) in [6.45, 7) is 4.42. The molecular weight excluding hydrogens is 326 g/mol. The van der Waals surface area contributed by atoms with Gasteiger partial charge in [0, 0.05) is 29.9 Å². The molecule has 1 amide bonds. The van der Waals surface area contributed by atoms with Crippen LogP contribution < -0.4 is 10.1 Å². The van der Waals surface area contributed by atoms with Crippen LogP contribution in [0.2, 0.25) is 0 Å². The Morgan fingerprint density at radius 1 is 1.23 bits per heavy atom. The van der Waals surface area contributed by atoms with Gasteiger partial charge in [-0.05, 0) is 62.4 Å². The van der Waals surface area contributed by atoms with Crippen molar-refractivity contribution < 1.29 is 9.53 Å². The molecule has 1 aliphatic carbocycles. The summed E-state index contributed by atoms with van der Waals surface area (Å²) in [6.07, 6.45) is 4.19. The zero-order valence-corrected chi connectivity index (χ0v) is 15.4. The molecule has 1 aliphatic heterocycles. The first-order valence-electron chi connectivity index (χ1n) is 8.98. The van der Waals surface area contributed by atoms with Gasteiger partial charge < -0.3 is 15.0 Å².